The molecule has 6 heteroatoms. The van der Waals surface area contributed by atoms with Crippen LogP contribution in [0.5, 0.6) is 23.0 Å². The number of nitrogens with zero attached hydrogens (tertiary/aromatic N) is 4. The monoisotopic (exact) mass is 718 g/mol. The highest BCUT2D eigenvalue weighted by atomic mass is 16.5. The number of hydrogen-bond acceptors (Lipinski definition) is 5. The van der Waals surface area contributed by atoms with Crippen molar-refractivity contribution in [2.24, 2.45) is 0 Å². The van der Waals surface area contributed by atoms with Gasteiger partial charge in [-0.25, -0.2) is 9.97 Å². The van der Waals surface area contributed by atoms with Crippen molar-refractivity contribution in [3.05, 3.63) is 182 Å². The summed E-state index contributed by atoms with van der Waals surface area (Å²) in [6.45, 7) is 0. The zero-order valence-corrected chi connectivity index (χ0v) is 29.9. The van der Waals surface area contributed by atoms with E-state index in [2.05, 4.69) is 137 Å². The smallest absolute Gasteiger partial charge is 0.235 e. The highest BCUT2D eigenvalue weighted by Crippen LogP contribution is 2.60. The number of benzene rings is 8. The van der Waals surface area contributed by atoms with E-state index < -0.39 is 0 Å². The fourth-order valence-electron chi connectivity index (χ4n) is 8.42. The maximum atomic E-state index is 6.57. The zero-order valence-electron chi connectivity index (χ0n) is 29.9. The van der Waals surface area contributed by atoms with E-state index in [1.165, 1.54) is 0 Å². The molecule has 12 rings (SSSR count). The van der Waals surface area contributed by atoms with Gasteiger partial charge in [0, 0.05) is 21.7 Å². The summed E-state index contributed by atoms with van der Waals surface area (Å²) in [5, 5.41) is 3.31. The number of para-hydroxylation sites is 6. The minimum Gasteiger partial charge on any atom is -0.453 e. The summed E-state index contributed by atoms with van der Waals surface area (Å²) in [5.41, 5.74) is 12.2. The molecule has 0 atom stereocenters. The van der Waals surface area contributed by atoms with Gasteiger partial charge >= 0.3 is 0 Å². The zero-order chi connectivity index (χ0) is 36.7. The molecule has 262 valence electrons. The summed E-state index contributed by atoms with van der Waals surface area (Å²) in [5.74, 6) is 3.79. The Morgan fingerprint density at radius 1 is 0.375 bits per heavy atom. The third kappa shape index (κ3) is 4.63. The second kappa shape index (κ2) is 11.9. The SMILES string of the molecule is c1ccc(-c2nc(-n3c4ccccc4c4cc(-c5cccc(-c6cc7c8c(c6)Oc6ccccc6N8c6ccccc6O7)c5)ccc43)nc3ccccc23)cc1. The number of anilines is 3. The molecule has 0 amide bonds. The maximum Gasteiger partial charge on any atom is 0.235 e. The molecule has 0 saturated heterocycles. The van der Waals surface area contributed by atoms with Gasteiger partial charge in [0.1, 0.15) is 5.69 Å². The molecular weight excluding hydrogens is 689 g/mol. The van der Waals surface area contributed by atoms with Gasteiger partial charge in [-0.3, -0.25) is 9.47 Å². The molecule has 0 saturated carbocycles. The molecule has 2 aliphatic heterocycles. The van der Waals surface area contributed by atoms with Crippen molar-refractivity contribution >= 4 is 49.8 Å². The summed E-state index contributed by atoms with van der Waals surface area (Å²) < 4.78 is 15.3. The molecule has 0 unspecified atom stereocenters. The second-order valence-electron chi connectivity index (χ2n) is 14.2. The fourth-order valence-corrected chi connectivity index (χ4v) is 8.42. The summed E-state index contributed by atoms with van der Waals surface area (Å²) in [7, 11) is 0. The third-order valence-electron chi connectivity index (χ3n) is 11.0. The molecule has 0 spiro atoms. The molecule has 6 nitrogen and oxygen atoms in total. The topological polar surface area (TPSA) is 52.4 Å². The minimum atomic E-state index is 0.646. The third-order valence-corrected chi connectivity index (χ3v) is 11.0. The van der Waals surface area contributed by atoms with Crippen molar-refractivity contribution in [1.29, 1.82) is 0 Å². The van der Waals surface area contributed by atoms with Crippen LogP contribution in [-0.2, 0) is 0 Å². The van der Waals surface area contributed by atoms with E-state index in [-0.39, 0.29) is 0 Å². The normalized spacial score (nSPS) is 12.5. The number of hydrogen-bond donors (Lipinski definition) is 0. The van der Waals surface area contributed by atoms with Gasteiger partial charge in [-0.1, -0.05) is 115 Å². The summed E-state index contributed by atoms with van der Waals surface area (Å²) >= 11 is 0. The van der Waals surface area contributed by atoms with Gasteiger partial charge < -0.3 is 9.47 Å². The summed E-state index contributed by atoms with van der Waals surface area (Å²) in [6.07, 6.45) is 0. The van der Waals surface area contributed by atoms with Crippen LogP contribution in [0.4, 0.5) is 17.1 Å². The summed E-state index contributed by atoms with van der Waals surface area (Å²) in [4.78, 5) is 12.6. The van der Waals surface area contributed by atoms with Crippen molar-refractivity contribution < 1.29 is 9.47 Å². The molecule has 8 aromatic carbocycles. The Balaban J connectivity index is 0.984. The lowest BCUT2D eigenvalue weighted by Gasteiger charge is -2.38. The van der Waals surface area contributed by atoms with Gasteiger partial charge in [-0.05, 0) is 89.0 Å². The van der Waals surface area contributed by atoms with E-state index in [9.17, 15) is 0 Å². The van der Waals surface area contributed by atoms with Gasteiger partial charge in [0.2, 0.25) is 5.95 Å². The number of ether oxygens (including phenoxy) is 2. The fraction of sp³-hybridized carbons (Fsp3) is 0. The molecule has 4 heterocycles. The van der Waals surface area contributed by atoms with E-state index in [0.717, 1.165) is 106 Å². The molecule has 0 bridgehead atoms. The van der Waals surface area contributed by atoms with Crippen LogP contribution in [0.3, 0.4) is 0 Å². The predicted molar refractivity (Wildman–Crippen MR) is 225 cm³/mol. The van der Waals surface area contributed by atoms with Crippen LogP contribution in [-0.4, -0.2) is 14.5 Å². The molecule has 2 aromatic heterocycles. The Bertz CT molecular complexity index is 3150. The van der Waals surface area contributed by atoms with Gasteiger partial charge in [0.05, 0.1) is 33.6 Å². The van der Waals surface area contributed by atoms with Crippen LogP contribution in [0.1, 0.15) is 0 Å². The maximum absolute atomic E-state index is 6.57. The van der Waals surface area contributed by atoms with Crippen molar-refractivity contribution in [1.82, 2.24) is 14.5 Å². The number of aromatic nitrogens is 3. The van der Waals surface area contributed by atoms with Crippen LogP contribution in [0.2, 0.25) is 0 Å². The minimum absolute atomic E-state index is 0.646. The predicted octanol–water partition coefficient (Wildman–Crippen LogP) is 13.4. The molecule has 0 radical (unpaired) electrons. The Morgan fingerprint density at radius 3 is 1.73 bits per heavy atom. The van der Waals surface area contributed by atoms with Crippen molar-refractivity contribution in [3.63, 3.8) is 0 Å². The van der Waals surface area contributed by atoms with E-state index >= 15 is 0 Å². The molecule has 0 aliphatic carbocycles. The average molecular weight is 719 g/mol. The van der Waals surface area contributed by atoms with Crippen LogP contribution in [0.25, 0.3) is 72.2 Å². The first kappa shape index (κ1) is 30.7. The molecule has 0 fully saturated rings. The van der Waals surface area contributed by atoms with E-state index in [1.807, 2.05) is 54.6 Å². The second-order valence-corrected chi connectivity index (χ2v) is 14.2. The lowest BCUT2D eigenvalue weighted by atomic mass is 9.96. The molecule has 2 aliphatic rings. The largest absolute Gasteiger partial charge is 0.453 e. The average Bonchev–Trinajstić information content (AvgIpc) is 3.60. The van der Waals surface area contributed by atoms with Gasteiger partial charge in [0.15, 0.2) is 23.0 Å². The van der Waals surface area contributed by atoms with Gasteiger partial charge in [0.25, 0.3) is 0 Å². The van der Waals surface area contributed by atoms with Crippen LogP contribution in [0.15, 0.2) is 182 Å². The van der Waals surface area contributed by atoms with Crippen molar-refractivity contribution in [2.45, 2.75) is 0 Å². The van der Waals surface area contributed by atoms with E-state index in [0.29, 0.717) is 5.95 Å². The standard InChI is InChI=1S/C50H30N4O2/c1-2-13-31(14-3-1)48-37-18-4-6-19-39(37)51-50(52-48)54-40-20-7-5-17-36(40)38-28-34(25-26-41(38)54)32-15-12-16-33(27-32)35-29-46-49-47(30-35)56-45-24-11-9-22-43(45)53(49)42-21-8-10-23-44(42)55-46/h1-30H. The molecular formula is C50H30N4O2. The Labute approximate surface area is 322 Å². The highest BCUT2D eigenvalue weighted by molar-refractivity contribution is 6.10. The first-order chi connectivity index (χ1) is 27.7. The summed E-state index contributed by atoms with van der Waals surface area (Å²) in [6, 6.07) is 63.1. The van der Waals surface area contributed by atoms with Crippen LogP contribution in [0, 0.1) is 0 Å². The highest BCUT2D eigenvalue weighted by Gasteiger charge is 2.35. The quantitative estimate of drug-likeness (QED) is 0.181. The Morgan fingerprint density at radius 2 is 0.964 bits per heavy atom. The Hall–Kier alpha value is -7.70. The van der Waals surface area contributed by atoms with E-state index in [4.69, 9.17) is 19.4 Å². The van der Waals surface area contributed by atoms with Crippen LogP contribution < -0.4 is 14.4 Å². The van der Waals surface area contributed by atoms with Crippen molar-refractivity contribution in [3.8, 4) is 62.5 Å². The number of fused-ring (bicyclic) bond motifs is 8. The Kier molecular flexibility index (Phi) is 6.53. The molecule has 10 aromatic rings. The van der Waals surface area contributed by atoms with Gasteiger partial charge in [-0.15, -0.1) is 0 Å². The van der Waals surface area contributed by atoms with Crippen LogP contribution >= 0.6 is 0 Å². The first-order valence-corrected chi connectivity index (χ1v) is 18.7. The molecule has 56 heavy (non-hydrogen) atoms. The van der Waals surface area contributed by atoms with Gasteiger partial charge in [-0.2, -0.15) is 0 Å². The lowest BCUT2D eigenvalue weighted by Crippen LogP contribution is -2.20. The van der Waals surface area contributed by atoms with Crippen molar-refractivity contribution in [2.75, 3.05) is 4.90 Å². The van der Waals surface area contributed by atoms with E-state index in [1.54, 1.807) is 0 Å². The molecule has 0 N–H and O–H groups in total. The number of rotatable bonds is 4. The lowest BCUT2D eigenvalue weighted by molar-refractivity contribution is 0.446. The first-order valence-electron chi connectivity index (χ1n) is 18.7.